The van der Waals surface area contributed by atoms with Gasteiger partial charge in [0.2, 0.25) is 0 Å². The van der Waals surface area contributed by atoms with E-state index in [0.717, 1.165) is 32.9 Å². The van der Waals surface area contributed by atoms with E-state index in [2.05, 4.69) is 10.5 Å². The average Bonchev–Trinajstić information content (AvgIpc) is 3.41. The van der Waals surface area contributed by atoms with Gasteiger partial charge in [0.15, 0.2) is 5.58 Å². The van der Waals surface area contributed by atoms with E-state index in [4.69, 9.17) is 9.51 Å². The smallest absolute Gasteiger partial charge is 0.255 e. The summed E-state index contributed by atoms with van der Waals surface area (Å²) in [7, 11) is 0. The summed E-state index contributed by atoms with van der Waals surface area (Å²) >= 11 is 1.55. The third kappa shape index (κ3) is 3.49. The van der Waals surface area contributed by atoms with Crippen LogP contribution < -0.4 is 5.32 Å². The summed E-state index contributed by atoms with van der Waals surface area (Å²) in [5, 5.41) is 10.8. The van der Waals surface area contributed by atoms with Crippen LogP contribution in [0.5, 0.6) is 0 Å². The van der Waals surface area contributed by atoms with Crippen LogP contribution in [0.2, 0.25) is 0 Å². The number of amides is 1. The van der Waals surface area contributed by atoms with Crippen molar-refractivity contribution in [1.82, 2.24) is 10.1 Å². The molecule has 0 aliphatic carbocycles. The van der Waals surface area contributed by atoms with Gasteiger partial charge in [-0.3, -0.25) is 4.79 Å². The standard InChI is InChI=1S/C24H17N3O2S/c1-15-6-5-9-18(12-15)25-23(28)17-10-11-21-19(13-17)22(27-29-21)20-14-30-24(26-20)16-7-3-2-4-8-16/h2-14H,1H3,(H,25,28). The van der Waals surface area contributed by atoms with Crippen molar-refractivity contribution in [2.75, 3.05) is 5.32 Å². The average molecular weight is 411 g/mol. The van der Waals surface area contributed by atoms with Crippen molar-refractivity contribution in [3.05, 3.63) is 89.3 Å². The van der Waals surface area contributed by atoms with Crippen LogP contribution in [0.4, 0.5) is 5.69 Å². The van der Waals surface area contributed by atoms with Crippen LogP contribution in [0.25, 0.3) is 32.9 Å². The largest absolute Gasteiger partial charge is 0.356 e. The van der Waals surface area contributed by atoms with Gasteiger partial charge in [0.05, 0.1) is 5.39 Å². The van der Waals surface area contributed by atoms with E-state index >= 15 is 0 Å². The van der Waals surface area contributed by atoms with E-state index < -0.39 is 0 Å². The molecule has 0 saturated carbocycles. The highest BCUT2D eigenvalue weighted by atomic mass is 32.1. The number of aromatic nitrogens is 2. The van der Waals surface area contributed by atoms with Crippen LogP contribution in [-0.2, 0) is 0 Å². The number of hydrogen-bond donors (Lipinski definition) is 1. The summed E-state index contributed by atoms with van der Waals surface area (Å²) in [5.74, 6) is -0.182. The van der Waals surface area contributed by atoms with Crippen molar-refractivity contribution in [3.8, 4) is 22.0 Å². The minimum atomic E-state index is -0.182. The first-order valence-corrected chi connectivity index (χ1v) is 10.3. The number of carbonyl (C=O) groups excluding carboxylic acids is 1. The molecule has 0 radical (unpaired) electrons. The summed E-state index contributed by atoms with van der Waals surface area (Å²) in [6, 6.07) is 23.0. The Morgan fingerprint density at radius 3 is 2.70 bits per heavy atom. The number of hydrogen-bond acceptors (Lipinski definition) is 5. The van der Waals surface area contributed by atoms with Gasteiger partial charge in [-0.2, -0.15) is 0 Å². The quantitative estimate of drug-likeness (QED) is 0.383. The molecular weight excluding hydrogens is 394 g/mol. The Hall–Kier alpha value is -3.77. The molecule has 0 atom stereocenters. The van der Waals surface area contributed by atoms with Crippen molar-refractivity contribution in [2.45, 2.75) is 6.92 Å². The van der Waals surface area contributed by atoms with Gasteiger partial charge in [0.1, 0.15) is 16.4 Å². The molecule has 5 aromatic rings. The number of nitrogens with one attached hydrogen (secondary N) is 1. The molecule has 0 saturated heterocycles. The van der Waals surface area contributed by atoms with Gasteiger partial charge in [0, 0.05) is 22.2 Å². The highest BCUT2D eigenvalue weighted by molar-refractivity contribution is 7.13. The van der Waals surface area contributed by atoms with Gasteiger partial charge < -0.3 is 9.84 Å². The van der Waals surface area contributed by atoms with Gasteiger partial charge in [-0.05, 0) is 42.8 Å². The lowest BCUT2D eigenvalue weighted by Crippen LogP contribution is -2.11. The number of nitrogens with zero attached hydrogens (tertiary/aromatic N) is 2. The van der Waals surface area contributed by atoms with E-state index in [1.165, 1.54) is 0 Å². The molecule has 5 rings (SSSR count). The molecule has 6 heteroatoms. The van der Waals surface area contributed by atoms with Crippen molar-refractivity contribution >= 4 is 33.9 Å². The molecule has 3 aromatic carbocycles. The van der Waals surface area contributed by atoms with Crippen molar-refractivity contribution in [3.63, 3.8) is 0 Å². The van der Waals surface area contributed by atoms with E-state index in [1.807, 2.05) is 66.9 Å². The Labute approximate surface area is 177 Å². The molecule has 146 valence electrons. The van der Waals surface area contributed by atoms with E-state index in [-0.39, 0.29) is 5.91 Å². The van der Waals surface area contributed by atoms with Crippen LogP contribution in [-0.4, -0.2) is 16.0 Å². The minimum absolute atomic E-state index is 0.182. The van der Waals surface area contributed by atoms with E-state index in [9.17, 15) is 4.79 Å². The van der Waals surface area contributed by atoms with Gasteiger partial charge in [-0.25, -0.2) is 4.98 Å². The number of benzene rings is 3. The Bertz CT molecular complexity index is 1360. The predicted molar refractivity (Wildman–Crippen MR) is 120 cm³/mol. The molecule has 1 amide bonds. The molecule has 0 bridgehead atoms. The van der Waals surface area contributed by atoms with Crippen molar-refractivity contribution < 1.29 is 9.32 Å². The summed E-state index contributed by atoms with van der Waals surface area (Å²) in [6.45, 7) is 1.99. The Kier molecular flexibility index (Phi) is 4.61. The van der Waals surface area contributed by atoms with E-state index in [1.54, 1.807) is 29.5 Å². The van der Waals surface area contributed by atoms with Crippen molar-refractivity contribution in [2.24, 2.45) is 0 Å². The molecule has 2 heterocycles. The number of fused-ring (bicyclic) bond motifs is 1. The van der Waals surface area contributed by atoms with Gasteiger partial charge >= 0.3 is 0 Å². The normalized spacial score (nSPS) is 11.0. The lowest BCUT2D eigenvalue weighted by molar-refractivity contribution is 0.102. The van der Waals surface area contributed by atoms with Gasteiger partial charge in [-0.1, -0.05) is 47.6 Å². The molecule has 0 fully saturated rings. The maximum atomic E-state index is 12.8. The molecule has 1 N–H and O–H groups in total. The molecule has 30 heavy (non-hydrogen) atoms. The number of anilines is 1. The van der Waals surface area contributed by atoms with Crippen LogP contribution in [0, 0.1) is 6.92 Å². The third-order valence-corrected chi connectivity index (χ3v) is 5.67. The van der Waals surface area contributed by atoms with Crippen LogP contribution in [0.15, 0.2) is 82.7 Å². The Morgan fingerprint density at radius 2 is 1.87 bits per heavy atom. The lowest BCUT2D eigenvalue weighted by Gasteiger charge is -2.06. The van der Waals surface area contributed by atoms with Crippen molar-refractivity contribution in [1.29, 1.82) is 0 Å². The second kappa shape index (κ2) is 7.57. The van der Waals surface area contributed by atoms with Gasteiger partial charge in [-0.15, -0.1) is 11.3 Å². The maximum absolute atomic E-state index is 12.8. The molecule has 0 spiro atoms. The first-order valence-electron chi connectivity index (χ1n) is 9.46. The molecule has 0 aliphatic rings. The maximum Gasteiger partial charge on any atom is 0.255 e. The molecule has 0 unspecified atom stereocenters. The fourth-order valence-corrected chi connectivity index (χ4v) is 4.10. The summed E-state index contributed by atoms with van der Waals surface area (Å²) in [4.78, 5) is 17.5. The van der Waals surface area contributed by atoms with Crippen LogP contribution in [0.1, 0.15) is 15.9 Å². The molecule has 2 aromatic heterocycles. The van der Waals surface area contributed by atoms with Gasteiger partial charge in [0.25, 0.3) is 5.91 Å². The zero-order valence-corrected chi connectivity index (χ0v) is 16.9. The van der Waals surface area contributed by atoms with Crippen LogP contribution in [0.3, 0.4) is 0 Å². The monoisotopic (exact) mass is 411 g/mol. The van der Waals surface area contributed by atoms with E-state index in [0.29, 0.717) is 16.8 Å². The second-order valence-corrected chi connectivity index (χ2v) is 7.83. The highest BCUT2D eigenvalue weighted by Gasteiger charge is 2.17. The van der Waals surface area contributed by atoms with Crippen LogP contribution >= 0.6 is 11.3 Å². The summed E-state index contributed by atoms with van der Waals surface area (Å²) in [6.07, 6.45) is 0. The number of thiazole rings is 1. The first kappa shape index (κ1) is 18.3. The Morgan fingerprint density at radius 1 is 1.00 bits per heavy atom. The summed E-state index contributed by atoms with van der Waals surface area (Å²) in [5.41, 5.74) is 5.42. The predicted octanol–water partition coefficient (Wildman–Crippen LogP) is 6.18. The lowest BCUT2D eigenvalue weighted by atomic mass is 10.1. The SMILES string of the molecule is Cc1cccc(NC(=O)c2ccc3onc(-c4csc(-c5ccccc5)n4)c3c2)c1. The molecule has 0 aliphatic heterocycles. The zero-order valence-electron chi connectivity index (χ0n) is 16.1. The number of aryl methyl sites for hydroxylation is 1. The number of carbonyl (C=O) groups is 1. The molecular formula is C24H17N3O2S. The summed E-state index contributed by atoms with van der Waals surface area (Å²) < 4.78 is 5.47. The fraction of sp³-hybridized carbons (Fsp3) is 0.0417. The topological polar surface area (TPSA) is 68.0 Å². The highest BCUT2D eigenvalue weighted by Crippen LogP contribution is 2.33. The fourth-order valence-electron chi connectivity index (χ4n) is 3.29. The number of rotatable bonds is 4. The Balaban J connectivity index is 1.48. The molecule has 5 nitrogen and oxygen atoms in total. The zero-order chi connectivity index (χ0) is 20.5. The minimum Gasteiger partial charge on any atom is -0.356 e. The first-order chi connectivity index (χ1) is 14.7. The second-order valence-electron chi connectivity index (χ2n) is 6.97. The third-order valence-electron chi connectivity index (χ3n) is 4.78.